The molecule has 1 aliphatic heterocycles. The average Bonchev–Trinajstić information content (AvgIpc) is 3.10. The number of hydrogen-bond donors (Lipinski definition) is 0. The molecule has 1 aromatic carbocycles. The summed E-state index contributed by atoms with van der Waals surface area (Å²) in [7, 11) is 0. The van der Waals surface area contributed by atoms with Crippen LogP contribution >= 0.6 is 0 Å². The molecule has 1 aliphatic rings. The Morgan fingerprint density at radius 3 is 2.55 bits per heavy atom. The summed E-state index contributed by atoms with van der Waals surface area (Å²) in [5.41, 5.74) is 3.40. The van der Waals surface area contributed by atoms with Crippen LogP contribution in [0.4, 0.5) is 10.2 Å². The van der Waals surface area contributed by atoms with Crippen molar-refractivity contribution < 1.29 is 9.13 Å². The fourth-order valence-electron chi connectivity index (χ4n) is 3.40. The summed E-state index contributed by atoms with van der Waals surface area (Å²) in [6, 6.07) is 10.4. The Hall–Kier alpha value is -3.32. The predicted molar refractivity (Wildman–Crippen MR) is 113 cm³/mol. The predicted octanol–water partition coefficient (Wildman–Crippen LogP) is 3.89. The second kappa shape index (κ2) is 8.36. The van der Waals surface area contributed by atoms with E-state index in [1.807, 2.05) is 29.8 Å². The first-order chi connectivity index (χ1) is 14.2. The summed E-state index contributed by atoms with van der Waals surface area (Å²) in [5.74, 6) is 1.38. The van der Waals surface area contributed by atoms with Crippen molar-refractivity contribution in [2.24, 2.45) is 4.99 Å². The highest BCUT2D eigenvalue weighted by Gasteiger charge is 2.17. The Kier molecular flexibility index (Phi) is 5.48. The van der Waals surface area contributed by atoms with Crippen LogP contribution < -0.4 is 4.90 Å². The van der Waals surface area contributed by atoms with E-state index in [4.69, 9.17) is 9.72 Å². The van der Waals surface area contributed by atoms with Gasteiger partial charge in [0.25, 0.3) is 0 Å². The summed E-state index contributed by atoms with van der Waals surface area (Å²) in [6.45, 7) is 8.54. The van der Waals surface area contributed by atoms with E-state index in [1.165, 1.54) is 12.1 Å². The van der Waals surface area contributed by atoms with Crippen LogP contribution in [-0.4, -0.2) is 47.6 Å². The summed E-state index contributed by atoms with van der Waals surface area (Å²) in [4.78, 5) is 15.4. The van der Waals surface area contributed by atoms with Gasteiger partial charge in [0, 0.05) is 42.4 Å². The number of anilines is 1. The third kappa shape index (κ3) is 3.95. The first kappa shape index (κ1) is 19.0. The molecule has 2 aromatic heterocycles. The van der Waals surface area contributed by atoms with Crippen molar-refractivity contribution >= 4 is 18.6 Å². The SMILES string of the molecule is C=N/C=C\c1nc(-c2ccc(N3CCOCC3)nc2)n(-c2ccc(F)cc2)c1C. The highest BCUT2D eigenvalue weighted by atomic mass is 19.1. The van der Waals surface area contributed by atoms with Crippen LogP contribution in [0.2, 0.25) is 0 Å². The van der Waals surface area contributed by atoms with E-state index in [-0.39, 0.29) is 5.82 Å². The molecule has 0 radical (unpaired) electrons. The first-order valence-electron chi connectivity index (χ1n) is 9.44. The van der Waals surface area contributed by atoms with Gasteiger partial charge >= 0.3 is 0 Å². The number of ether oxygens (including phenoxy) is 1. The number of aromatic nitrogens is 3. The molecule has 0 saturated carbocycles. The van der Waals surface area contributed by atoms with Gasteiger partial charge in [-0.05, 0) is 56.1 Å². The van der Waals surface area contributed by atoms with E-state index in [9.17, 15) is 4.39 Å². The fraction of sp³-hybridized carbons (Fsp3) is 0.227. The normalized spacial score (nSPS) is 14.5. The van der Waals surface area contributed by atoms with Crippen LogP contribution in [0.15, 0.2) is 53.8 Å². The number of aliphatic imine (C=N–C) groups is 1. The van der Waals surface area contributed by atoms with Gasteiger partial charge in [0.1, 0.15) is 17.5 Å². The Labute approximate surface area is 169 Å². The standard InChI is InChI=1S/C22H22FN5O/c1-16-20(9-10-24-2)26-22(28(16)19-6-4-18(23)5-7-19)17-3-8-21(25-15-17)27-11-13-29-14-12-27/h3-10,15H,2,11-14H2,1H3/b10-9-. The zero-order chi connectivity index (χ0) is 20.2. The van der Waals surface area contributed by atoms with Crippen LogP contribution in [0.5, 0.6) is 0 Å². The maximum absolute atomic E-state index is 13.4. The molecule has 0 aliphatic carbocycles. The minimum absolute atomic E-state index is 0.277. The molecule has 0 atom stereocenters. The van der Waals surface area contributed by atoms with E-state index in [1.54, 1.807) is 24.4 Å². The smallest absolute Gasteiger partial charge is 0.147 e. The van der Waals surface area contributed by atoms with Gasteiger partial charge in [0.15, 0.2) is 0 Å². The van der Waals surface area contributed by atoms with Crippen molar-refractivity contribution in [1.29, 1.82) is 0 Å². The van der Waals surface area contributed by atoms with Gasteiger partial charge < -0.3 is 9.64 Å². The van der Waals surface area contributed by atoms with Crippen LogP contribution in [0.3, 0.4) is 0 Å². The summed E-state index contributed by atoms with van der Waals surface area (Å²) in [6.07, 6.45) is 5.24. The van der Waals surface area contributed by atoms with Crippen molar-refractivity contribution in [1.82, 2.24) is 14.5 Å². The van der Waals surface area contributed by atoms with Crippen molar-refractivity contribution in [2.75, 3.05) is 31.2 Å². The molecule has 0 amide bonds. The quantitative estimate of drug-likeness (QED) is 0.619. The monoisotopic (exact) mass is 391 g/mol. The molecule has 3 aromatic rings. The number of morpholine rings is 1. The summed E-state index contributed by atoms with van der Waals surface area (Å²) < 4.78 is 20.8. The second-order valence-corrected chi connectivity index (χ2v) is 6.72. The number of rotatable bonds is 5. The summed E-state index contributed by atoms with van der Waals surface area (Å²) in [5, 5.41) is 0. The van der Waals surface area contributed by atoms with Gasteiger partial charge in [0.05, 0.1) is 18.9 Å². The van der Waals surface area contributed by atoms with Crippen molar-refractivity contribution in [3.63, 3.8) is 0 Å². The highest BCUT2D eigenvalue weighted by molar-refractivity contribution is 5.65. The molecule has 0 N–H and O–H groups in total. The third-order valence-corrected chi connectivity index (χ3v) is 4.91. The van der Waals surface area contributed by atoms with Crippen LogP contribution in [-0.2, 0) is 4.74 Å². The first-order valence-corrected chi connectivity index (χ1v) is 9.44. The Morgan fingerprint density at radius 2 is 1.90 bits per heavy atom. The fourth-order valence-corrected chi connectivity index (χ4v) is 3.40. The van der Waals surface area contributed by atoms with Gasteiger partial charge in [-0.3, -0.25) is 9.56 Å². The number of pyridine rings is 1. The number of benzene rings is 1. The van der Waals surface area contributed by atoms with E-state index >= 15 is 0 Å². The molecule has 0 unspecified atom stereocenters. The molecular weight excluding hydrogens is 369 g/mol. The molecule has 29 heavy (non-hydrogen) atoms. The van der Waals surface area contributed by atoms with Gasteiger partial charge in [0.2, 0.25) is 0 Å². The molecule has 1 fully saturated rings. The van der Waals surface area contributed by atoms with E-state index in [0.29, 0.717) is 13.2 Å². The summed E-state index contributed by atoms with van der Waals surface area (Å²) >= 11 is 0. The molecular formula is C22H22FN5O. The highest BCUT2D eigenvalue weighted by Crippen LogP contribution is 2.28. The van der Waals surface area contributed by atoms with E-state index in [2.05, 4.69) is 21.6 Å². The second-order valence-electron chi connectivity index (χ2n) is 6.72. The molecule has 6 nitrogen and oxygen atoms in total. The zero-order valence-corrected chi connectivity index (χ0v) is 16.3. The minimum Gasteiger partial charge on any atom is -0.378 e. The van der Waals surface area contributed by atoms with Crippen molar-refractivity contribution in [3.05, 3.63) is 66.0 Å². The lowest BCUT2D eigenvalue weighted by molar-refractivity contribution is 0.122. The Morgan fingerprint density at radius 1 is 1.14 bits per heavy atom. The lowest BCUT2D eigenvalue weighted by atomic mass is 10.2. The Balaban J connectivity index is 1.76. The van der Waals surface area contributed by atoms with E-state index < -0.39 is 0 Å². The van der Waals surface area contributed by atoms with Crippen LogP contribution in [0.1, 0.15) is 11.4 Å². The van der Waals surface area contributed by atoms with Gasteiger partial charge in [-0.25, -0.2) is 14.4 Å². The van der Waals surface area contributed by atoms with Crippen molar-refractivity contribution in [2.45, 2.75) is 6.92 Å². The number of halogens is 1. The maximum Gasteiger partial charge on any atom is 0.147 e. The van der Waals surface area contributed by atoms with Crippen LogP contribution in [0, 0.1) is 12.7 Å². The molecule has 1 saturated heterocycles. The molecule has 148 valence electrons. The third-order valence-electron chi connectivity index (χ3n) is 4.91. The topological polar surface area (TPSA) is 55.5 Å². The van der Waals surface area contributed by atoms with Crippen molar-refractivity contribution in [3.8, 4) is 17.1 Å². The minimum atomic E-state index is -0.277. The molecule has 4 rings (SSSR count). The largest absolute Gasteiger partial charge is 0.378 e. The maximum atomic E-state index is 13.4. The molecule has 7 heteroatoms. The lowest BCUT2D eigenvalue weighted by Crippen LogP contribution is -2.36. The number of hydrogen-bond acceptors (Lipinski definition) is 5. The number of nitrogens with zero attached hydrogens (tertiary/aromatic N) is 5. The molecule has 3 heterocycles. The average molecular weight is 391 g/mol. The molecule has 0 spiro atoms. The van der Waals surface area contributed by atoms with Crippen LogP contribution in [0.25, 0.3) is 23.2 Å². The lowest BCUT2D eigenvalue weighted by Gasteiger charge is -2.27. The number of imidazole rings is 1. The van der Waals surface area contributed by atoms with Gasteiger partial charge in [-0.2, -0.15) is 0 Å². The van der Waals surface area contributed by atoms with Gasteiger partial charge in [-0.1, -0.05) is 0 Å². The van der Waals surface area contributed by atoms with Gasteiger partial charge in [-0.15, -0.1) is 0 Å². The zero-order valence-electron chi connectivity index (χ0n) is 16.3. The molecule has 0 bridgehead atoms. The van der Waals surface area contributed by atoms with E-state index in [0.717, 1.165) is 47.4 Å². The Bertz CT molecular complexity index is 1020.